The number of esters is 1. The van der Waals surface area contributed by atoms with E-state index < -0.39 is 36.0 Å². The Morgan fingerprint density at radius 1 is 0.939 bits per heavy atom. The van der Waals surface area contributed by atoms with Crippen LogP contribution in [0.15, 0.2) is 36.8 Å². The van der Waals surface area contributed by atoms with E-state index in [1.165, 1.54) is 6.33 Å². The molecule has 2 aromatic rings. The number of carbonyl (C=O) groups excluding carboxylic acids is 1. The number of carbonyl (C=O) groups is 3. The molecule has 12 nitrogen and oxygen atoms in total. The summed E-state index contributed by atoms with van der Waals surface area (Å²) in [5.41, 5.74) is 23.1. The SMILES string of the molecule is NCCCC[C@H](N)C(=O)O.N[C@@H](Cc1ccc(OC(=O)[C@@H](N)Cc2c[nH]cn2)cc1)C(=O)O. The lowest BCUT2D eigenvalue weighted by Gasteiger charge is -2.11. The lowest BCUT2D eigenvalue weighted by molar-refractivity contribution is -0.139. The fourth-order valence-corrected chi connectivity index (χ4v) is 2.57. The number of unbranched alkanes of at least 4 members (excludes halogenated alkanes) is 1. The molecule has 0 saturated heterocycles. The summed E-state index contributed by atoms with van der Waals surface area (Å²) < 4.78 is 5.18. The Morgan fingerprint density at radius 2 is 1.58 bits per heavy atom. The molecule has 0 aliphatic rings. The van der Waals surface area contributed by atoms with Gasteiger partial charge in [0, 0.05) is 12.6 Å². The van der Waals surface area contributed by atoms with Gasteiger partial charge in [0.1, 0.15) is 23.9 Å². The van der Waals surface area contributed by atoms with E-state index in [0.29, 0.717) is 24.4 Å². The molecular formula is C21H32N6O6. The minimum atomic E-state index is -1.06. The number of H-pyrrole nitrogens is 1. The Kier molecular flexibility index (Phi) is 12.3. The topological polar surface area (TPSA) is 234 Å². The summed E-state index contributed by atoms with van der Waals surface area (Å²) in [6.07, 6.45) is 5.80. The van der Waals surface area contributed by atoms with Crippen LogP contribution in [0.2, 0.25) is 0 Å². The van der Waals surface area contributed by atoms with Gasteiger partial charge in [-0.25, -0.2) is 9.78 Å². The van der Waals surface area contributed by atoms with Crippen LogP contribution in [0, 0.1) is 0 Å². The summed E-state index contributed by atoms with van der Waals surface area (Å²) >= 11 is 0. The van der Waals surface area contributed by atoms with Gasteiger partial charge in [-0.2, -0.15) is 0 Å². The van der Waals surface area contributed by atoms with Gasteiger partial charge in [0.15, 0.2) is 0 Å². The monoisotopic (exact) mass is 464 g/mol. The molecule has 0 bridgehead atoms. The fraction of sp³-hybridized carbons (Fsp3) is 0.429. The van der Waals surface area contributed by atoms with E-state index in [9.17, 15) is 14.4 Å². The van der Waals surface area contributed by atoms with Crippen LogP contribution < -0.4 is 27.7 Å². The lowest BCUT2D eigenvalue weighted by atomic mass is 10.1. The number of hydrogen-bond donors (Lipinski definition) is 7. The predicted octanol–water partition coefficient (Wildman–Crippen LogP) is -0.633. The molecular weight excluding hydrogens is 432 g/mol. The molecule has 0 amide bonds. The number of nitrogens with one attached hydrogen (secondary N) is 1. The molecule has 11 N–H and O–H groups in total. The van der Waals surface area contributed by atoms with E-state index in [-0.39, 0.29) is 12.8 Å². The molecule has 0 spiro atoms. The maximum atomic E-state index is 11.9. The summed E-state index contributed by atoms with van der Waals surface area (Å²) in [5.74, 6) is -2.23. The van der Waals surface area contributed by atoms with Gasteiger partial charge in [-0.3, -0.25) is 9.59 Å². The minimum Gasteiger partial charge on any atom is -0.480 e. The van der Waals surface area contributed by atoms with Gasteiger partial charge in [-0.1, -0.05) is 18.6 Å². The Hall–Kier alpha value is -3.32. The van der Waals surface area contributed by atoms with Gasteiger partial charge in [-0.05, 0) is 43.5 Å². The van der Waals surface area contributed by atoms with Crippen LogP contribution >= 0.6 is 0 Å². The number of hydrogen-bond acceptors (Lipinski definition) is 9. The zero-order valence-corrected chi connectivity index (χ0v) is 18.2. The maximum absolute atomic E-state index is 11.9. The second kappa shape index (κ2) is 14.7. The van der Waals surface area contributed by atoms with Crippen molar-refractivity contribution in [3.05, 3.63) is 48.0 Å². The number of rotatable bonds is 12. The molecule has 1 aromatic heterocycles. The van der Waals surface area contributed by atoms with Crippen LogP contribution in [-0.4, -0.2) is 62.8 Å². The number of aromatic amines is 1. The summed E-state index contributed by atoms with van der Waals surface area (Å²) in [4.78, 5) is 39.5. The van der Waals surface area contributed by atoms with Gasteiger partial charge >= 0.3 is 17.9 Å². The van der Waals surface area contributed by atoms with E-state index in [1.807, 2.05) is 0 Å². The third-order valence-corrected chi connectivity index (χ3v) is 4.49. The molecule has 0 radical (unpaired) electrons. The van der Waals surface area contributed by atoms with Crippen molar-refractivity contribution >= 4 is 17.9 Å². The van der Waals surface area contributed by atoms with Crippen molar-refractivity contribution in [1.29, 1.82) is 0 Å². The number of carboxylic acids is 2. The van der Waals surface area contributed by atoms with E-state index in [2.05, 4.69) is 9.97 Å². The van der Waals surface area contributed by atoms with E-state index >= 15 is 0 Å². The molecule has 12 heteroatoms. The van der Waals surface area contributed by atoms with E-state index in [4.69, 9.17) is 37.9 Å². The highest BCUT2D eigenvalue weighted by atomic mass is 16.5. The molecule has 33 heavy (non-hydrogen) atoms. The van der Waals surface area contributed by atoms with Gasteiger partial charge in [0.05, 0.1) is 12.0 Å². The van der Waals surface area contributed by atoms with Gasteiger partial charge in [-0.15, -0.1) is 0 Å². The number of benzene rings is 1. The Balaban J connectivity index is 0.000000461. The van der Waals surface area contributed by atoms with Crippen molar-refractivity contribution in [3.8, 4) is 5.75 Å². The van der Waals surface area contributed by atoms with Crippen molar-refractivity contribution in [3.63, 3.8) is 0 Å². The molecule has 0 aliphatic heterocycles. The first-order chi connectivity index (χ1) is 15.6. The van der Waals surface area contributed by atoms with Crippen LogP contribution in [0.25, 0.3) is 0 Å². The maximum Gasteiger partial charge on any atom is 0.328 e. The molecule has 0 unspecified atom stereocenters. The zero-order valence-electron chi connectivity index (χ0n) is 18.2. The van der Waals surface area contributed by atoms with E-state index in [1.54, 1.807) is 30.5 Å². The summed E-state index contributed by atoms with van der Waals surface area (Å²) in [7, 11) is 0. The molecule has 0 saturated carbocycles. The number of nitrogens with zero attached hydrogens (tertiary/aromatic N) is 1. The number of aliphatic carboxylic acids is 2. The van der Waals surface area contributed by atoms with Crippen LogP contribution in [0.3, 0.4) is 0 Å². The number of carboxylic acid groups (broad SMARTS) is 2. The minimum absolute atomic E-state index is 0.197. The number of imidazole rings is 1. The first-order valence-corrected chi connectivity index (χ1v) is 10.3. The predicted molar refractivity (Wildman–Crippen MR) is 120 cm³/mol. The summed E-state index contributed by atoms with van der Waals surface area (Å²) in [6, 6.07) is 3.96. The van der Waals surface area contributed by atoms with Gasteiger partial charge < -0.3 is 42.9 Å². The van der Waals surface area contributed by atoms with Crippen molar-refractivity contribution < 1.29 is 29.3 Å². The van der Waals surface area contributed by atoms with Crippen LogP contribution in [-0.2, 0) is 27.2 Å². The highest BCUT2D eigenvalue weighted by Crippen LogP contribution is 2.14. The number of aromatic nitrogens is 2. The lowest BCUT2D eigenvalue weighted by Crippen LogP contribution is -2.36. The average Bonchev–Trinajstić information content (AvgIpc) is 3.28. The molecule has 1 aromatic carbocycles. The second-order valence-corrected chi connectivity index (χ2v) is 7.31. The quantitative estimate of drug-likeness (QED) is 0.119. The molecule has 0 aliphatic carbocycles. The normalized spacial score (nSPS) is 13.2. The molecule has 0 fully saturated rings. The van der Waals surface area contributed by atoms with Gasteiger partial charge in [0.25, 0.3) is 0 Å². The smallest absolute Gasteiger partial charge is 0.328 e. The zero-order chi connectivity index (χ0) is 24.8. The number of ether oxygens (including phenoxy) is 1. The molecule has 2 rings (SSSR count). The second-order valence-electron chi connectivity index (χ2n) is 7.31. The van der Waals surface area contributed by atoms with Crippen molar-refractivity contribution in [2.75, 3.05) is 6.54 Å². The Morgan fingerprint density at radius 3 is 2.09 bits per heavy atom. The Bertz CT molecular complexity index is 859. The molecule has 182 valence electrons. The summed E-state index contributed by atoms with van der Waals surface area (Å²) in [5, 5.41) is 17.1. The van der Waals surface area contributed by atoms with Crippen LogP contribution in [0.1, 0.15) is 30.5 Å². The highest BCUT2D eigenvalue weighted by Gasteiger charge is 2.18. The first-order valence-electron chi connectivity index (χ1n) is 10.3. The average molecular weight is 465 g/mol. The van der Waals surface area contributed by atoms with Crippen molar-refractivity contribution in [1.82, 2.24) is 9.97 Å². The van der Waals surface area contributed by atoms with Crippen LogP contribution in [0.5, 0.6) is 5.75 Å². The van der Waals surface area contributed by atoms with Crippen molar-refractivity contribution in [2.24, 2.45) is 22.9 Å². The highest BCUT2D eigenvalue weighted by molar-refractivity contribution is 5.78. The summed E-state index contributed by atoms with van der Waals surface area (Å²) in [6.45, 7) is 0.604. The number of nitrogens with two attached hydrogens (primary N) is 4. The third-order valence-electron chi connectivity index (χ3n) is 4.49. The van der Waals surface area contributed by atoms with Crippen LogP contribution in [0.4, 0.5) is 0 Å². The largest absolute Gasteiger partial charge is 0.480 e. The van der Waals surface area contributed by atoms with E-state index in [0.717, 1.165) is 18.4 Å². The van der Waals surface area contributed by atoms with Crippen molar-refractivity contribution in [2.45, 2.75) is 50.2 Å². The molecule has 3 atom stereocenters. The first kappa shape index (κ1) is 27.7. The third kappa shape index (κ3) is 11.2. The fourth-order valence-electron chi connectivity index (χ4n) is 2.57. The van der Waals surface area contributed by atoms with Gasteiger partial charge in [0.2, 0.25) is 0 Å². The molecule has 1 heterocycles. The standard InChI is InChI=1S/C15H18N4O4.C6H14N2O2/c16-12(14(20)21)5-9-1-3-11(4-2-9)23-15(22)13(17)6-10-7-18-8-19-10;7-4-2-1-3-5(8)6(9)10/h1-4,7-8,12-13H,5-6,16-17H2,(H,18,19)(H,20,21);5H,1-4,7-8H2,(H,9,10)/t12-,13-;5-/m00/s1. The Labute approximate surface area is 191 Å².